The molecule has 1 aromatic carbocycles. The largest absolute Gasteiger partial charge is 0.481 e. The van der Waals surface area contributed by atoms with Gasteiger partial charge in [-0.25, -0.2) is 0 Å². The first-order chi connectivity index (χ1) is 9.72. The van der Waals surface area contributed by atoms with Crippen molar-refractivity contribution in [1.82, 2.24) is 5.32 Å². The highest BCUT2D eigenvalue weighted by atomic mass is 32.2. The average molecular weight is 295 g/mol. The lowest BCUT2D eigenvalue weighted by molar-refractivity contribution is -0.137. The number of benzene rings is 1. The van der Waals surface area contributed by atoms with Crippen molar-refractivity contribution in [2.45, 2.75) is 50.5 Å². The van der Waals surface area contributed by atoms with E-state index in [2.05, 4.69) is 36.5 Å². The number of unbranched alkanes of at least 4 members (excludes halogenated alkanes) is 3. The van der Waals surface area contributed by atoms with E-state index < -0.39 is 5.97 Å². The molecule has 4 heteroatoms. The molecule has 112 valence electrons. The standard InChI is InChI=1S/C16H25NO2S/c1-2-20-15-9-7-8-14(12-15)13-17-11-6-4-3-5-10-16(18)19/h7-9,12,17H,2-6,10-11,13H2,1H3,(H,18,19). The summed E-state index contributed by atoms with van der Waals surface area (Å²) in [6.07, 6.45) is 4.33. The van der Waals surface area contributed by atoms with E-state index >= 15 is 0 Å². The smallest absolute Gasteiger partial charge is 0.303 e. The van der Waals surface area contributed by atoms with Gasteiger partial charge < -0.3 is 10.4 Å². The van der Waals surface area contributed by atoms with Gasteiger partial charge in [0.25, 0.3) is 0 Å². The summed E-state index contributed by atoms with van der Waals surface area (Å²) in [5, 5.41) is 12.0. The van der Waals surface area contributed by atoms with Crippen LogP contribution < -0.4 is 5.32 Å². The first-order valence-corrected chi connectivity index (χ1v) is 8.35. The van der Waals surface area contributed by atoms with Crippen molar-refractivity contribution in [3.63, 3.8) is 0 Å². The summed E-state index contributed by atoms with van der Waals surface area (Å²) < 4.78 is 0. The van der Waals surface area contributed by atoms with Crippen molar-refractivity contribution in [2.24, 2.45) is 0 Å². The molecule has 0 heterocycles. The van der Waals surface area contributed by atoms with Crippen LogP contribution in [0.5, 0.6) is 0 Å². The minimum atomic E-state index is -0.687. The van der Waals surface area contributed by atoms with Gasteiger partial charge in [0, 0.05) is 17.9 Å². The van der Waals surface area contributed by atoms with Crippen LogP contribution >= 0.6 is 11.8 Å². The van der Waals surface area contributed by atoms with E-state index in [1.165, 1.54) is 10.5 Å². The highest BCUT2D eigenvalue weighted by Gasteiger charge is 1.98. The molecule has 0 spiro atoms. The molecule has 0 aliphatic rings. The molecule has 20 heavy (non-hydrogen) atoms. The van der Waals surface area contributed by atoms with Crippen LogP contribution in [-0.4, -0.2) is 23.4 Å². The van der Waals surface area contributed by atoms with Crippen molar-refractivity contribution >= 4 is 17.7 Å². The number of hydrogen-bond donors (Lipinski definition) is 2. The van der Waals surface area contributed by atoms with Crippen LogP contribution in [0.15, 0.2) is 29.2 Å². The molecule has 0 saturated carbocycles. The Kier molecular flexibility index (Phi) is 9.16. The van der Waals surface area contributed by atoms with Gasteiger partial charge in [0.2, 0.25) is 0 Å². The summed E-state index contributed by atoms with van der Waals surface area (Å²) >= 11 is 1.87. The van der Waals surface area contributed by atoms with Crippen LogP contribution in [0.3, 0.4) is 0 Å². The van der Waals surface area contributed by atoms with Gasteiger partial charge in [-0.2, -0.15) is 0 Å². The molecule has 0 aliphatic carbocycles. The van der Waals surface area contributed by atoms with Crippen molar-refractivity contribution < 1.29 is 9.90 Å². The Hall–Kier alpha value is -1.00. The lowest BCUT2D eigenvalue weighted by Crippen LogP contribution is -2.14. The van der Waals surface area contributed by atoms with E-state index in [0.29, 0.717) is 6.42 Å². The number of nitrogens with one attached hydrogen (secondary N) is 1. The maximum atomic E-state index is 10.4. The first-order valence-electron chi connectivity index (χ1n) is 7.36. The van der Waals surface area contributed by atoms with E-state index in [9.17, 15) is 4.79 Å². The Morgan fingerprint density at radius 1 is 1.25 bits per heavy atom. The molecule has 0 saturated heterocycles. The summed E-state index contributed by atoms with van der Waals surface area (Å²) in [6.45, 7) is 4.07. The minimum Gasteiger partial charge on any atom is -0.481 e. The second-order valence-corrected chi connectivity index (χ2v) is 6.15. The van der Waals surface area contributed by atoms with Gasteiger partial charge in [0.1, 0.15) is 0 Å². The van der Waals surface area contributed by atoms with E-state index in [1.807, 2.05) is 11.8 Å². The second kappa shape index (κ2) is 10.7. The van der Waals surface area contributed by atoms with Gasteiger partial charge >= 0.3 is 5.97 Å². The van der Waals surface area contributed by atoms with Crippen molar-refractivity contribution in [2.75, 3.05) is 12.3 Å². The Labute approximate surface area is 126 Å². The molecule has 0 radical (unpaired) electrons. The topological polar surface area (TPSA) is 49.3 Å². The molecule has 0 atom stereocenters. The molecule has 0 bridgehead atoms. The zero-order valence-electron chi connectivity index (χ0n) is 12.2. The zero-order chi connectivity index (χ0) is 14.6. The van der Waals surface area contributed by atoms with Crippen LogP contribution in [0.1, 0.15) is 44.6 Å². The fraction of sp³-hybridized carbons (Fsp3) is 0.562. The molecule has 0 aliphatic heterocycles. The van der Waals surface area contributed by atoms with Crippen molar-refractivity contribution in [3.8, 4) is 0 Å². The van der Waals surface area contributed by atoms with Crippen LogP contribution in [0.25, 0.3) is 0 Å². The molecular formula is C16H25NO2S. The molecule has 1 rings (SSSR count). The molecular weight excluding hydrogens is 270 g/mol. The minimum absolute atomic E-state index is 0.301. The second-order valence-electron chi connectivity index (χ2n) is 4.82. The monoisotopic (exact) mass is 295 g/mol. The summed E-state index contributed by atoms with van der Waals surface area (Å²) in [4.78, 5) is 11.7. The summed E-state index contributed by atoms with van der Waals surface area (Å²) in [6, 6.07) is 8.66. The number of carboxylic acids is 1. The fourth-order valence-corrected chi connectivity index (χ4v) is 2.77. The number of carbonyl (C=O) groups is 1. The van der Waals surface area contributed by atoms with Gasteiger partial charge in [-0.15, -0.1) is 11.8 Å². The number of aliphatic carboxylic acids is 1. The molecule has 0 aromatic heterocycles. The van der Waals surface area contributed by atoms with Crippen LogP contribution in [0.4, 0.5) is 0 Å². The highest BCUT2D eigenvalue weighted by molar-refractivity contribution is 7.99. The quantitative estimate of drug-likeness (QED) is 0.480. The first kappa shape index (κ1) is 17.1. The number of carboxylic acid groups (broad SMARTS) is 1. The summed E-state index contributed by atoms with van der Waals surface area (Å²) in [7, 11) is 0. The maximum Gasteiger partial charge on any atom is 0.303 e. The summed E-state index contributed by atoms with van der Waals surface area (Å²) in [5.74, 6) is 0.417. The lowest BCUT2D eigenvalue weighted by atomic mass is 10.1. The molecule has 0 unspecified atom stereocenters. The van der Waals surface area contributed by atoms with E-state index in [-0.39, 0.29) is 0 Å². The molecule has 0 amide bonds. The van der Waals surface area contributed by atoms with Crippen molar-refractivity contribution in [1.29, 1.82) is 0 Å². The van der Waals surface area contributed by atoms with Gasteiger partial charge in [-0.05, 0) is 42.8 Å². The Bertz CT molecular complexity index is 396. The predicted octanol–water partition coefficient (Wildman–Crippen LogP) is 3.92. The normalized spacial score (nSPS) is 10.7. The molecule has 3 nitrogen and oxygen atoms in total. The number of hydrogen-bond acceptors (Lipinski definition) is 3. The van der Waals surface area contributed by atoms with Crippen LogP contribution in [0.2, 0.25) is 0 Å². The fourth-order valence-electron chi connectivity index (χ4n) is 2.02. The third-order valence-electron chi connectivity index (χ3n) is 3.03. The van der Waals surface area contributed by atoms with E-state index in [0.717, 1.165) is 44.5 Å². The van der Waals surface area contributed by atoms with Gasteiger partial charge in [0.05, 0.1) is 0 Å². The van der Waals surface area contributed by atoms with E-state index in [1.54, 1.807) is 0 Å². The maximum absolute atomic E-state index is 10.4. The lowest BCUT2D eigenvalue weighted by Gasteiger charge is -2.06. The Morgan fingerprint density at radius 3 is 2.80 bits per heavy atom. The average Bonchev–Trinajstić information content (AvgIpc) is 2.42. The predicted molar refractivity (Wildman–Crippen MR) is 85.3 cm³/mol. The van der Waals surface area contributed by atoms with Gasteiger partial charge in [0.15, 0.2) is 0 Å². The van der Waals surface area contributed by atoms with E-state index in [4.69, 9.17) is 5.11 Å². The number of rotatable bonds is 11. The Balaban J connectivity index is 2.06. The molecule has 1 aromatic rings. The van der Waals surface area contributed by atoms with Crippen molar-refractivity contribution in [3.05, 3.63) is 29.8 Å². The Morgan fingerprint density at radius 2 is 2.05 bits per heavy atom. The van der Waals surface area contributed by atoms with Crippen LogP contribution in [0, 0.1) is 0 Å². The number of thioether (sulfide) groups is 1. The third kappa shape index (κ3) is 8.23. The molecule has 0 fully saturated rings. The summed E-state index contributed by atoms with van der Waals surface area (Å²) in [5.41, 5.74) is 1.33. The third-order valence-corrected chi connectivity index (χ3v) is 3.91. The molecule has 2 N–H and O–H groups in total. The van der Waals surface area contributed by atoms with Gasteiger partial charge in [-0.1, -0.05) is 31.9 Å². The SMILES string of the molecule is CCSc1cccc(CNCCCCCCC(=O)O)c1. The van der Waals surface area contributed by atoms with Crippen LogP contribution in [-0.2, 0) is 11.3 Å². The zero-order valence-corrected chi connectivity index (χ0v) is 13.0. The van der Waals surface area contributed by atoms with Gasteiger partial charge in [-0.3, -0.25) is 4.79 Å². The highest BCUT2D eigenvalue weighted by Crippen LogP contribution is 2.18.